The van der Waals surface area contributed by atoms with Gasteiger partial charge in [0.05, 0.1) is 10.3 Å². The zero-order valence-corrected chi connectivity index (χ0v) is 12.1. The Hall–Kier alpha value is -2.28. The fraction of sp³-hybridized carbons (Fsp3) is 0.357. The Kier molecular flexibility index (Phi) is 5.54. The molecule has 0 heterocycles. The highest BCUT2D eigenvalue weighted by Gasteiger charge is 2.24. The largest absolute Gasteiger partial charge is 0.370 e. The minimum atomic E-state index is -0.714. The number of rotatable bonds is 5. The van der Waals surface area contributed by atoms with Crippen molar-refractivity contribution in [1.29, 1.82) is 0 Å². The van der Waals surface area contributed by atoms with E-state index in [0.29, 0.717) is 5.56 Å². The van der Waals surface area contributed by atoms with Crippen LogP contribution >= 0.6 is 0 Å². The summed E-state index contributed by atoms with van der Waals surface area (Å²) in [7, 11) is 0. The topological polar surface area (TPSA) is 81.5 Å². The van der Waals surface area contributed by atoms with Crippen molar-refractivity contribution < 1.29 is 18.9 Å². The van der Waals surface area contributed by atoms with E-state index < -0.39 is 22.1 Å². The van der Waals surface area contributed by atoms with E-state index >= 15 is 0 Å². The van der Waals surface area contributed by atoms with Crippen molar-refractivity contribution in [3.05, 3.63) is 51.5 Å². The summed E-state index contributed by atoms with van der Waals surface area (Å²) in [4.78, 5) is 26.5. The van der Waals surface area contributed by atoms with Gasteiger partial charge in [-0.1, -0.05) is 12.1 Å². The molecular weight excluding hydrogens is 279 g/mol. The van der Waals surface area contributed by atoms with Crippen LogP contribution in [0.2, 0.25) is 0 Å². The molecule has 114 valence electrons. The Morgan fingerprint density at radius 1 is 1.48 bits per heavy atom. The van der Waals surface area contributed by atoms with Gasteiger partial charge in [0, 0.05) is 6.08 Å². The summed E-state index contributed by atoms with van der Waals surface area (Å²) in [6.07, 6.45) is 1.21. The maximum Gasteiger partial charge on any atom is 0.329 e. The fourth-order valence-corrected chi connectivity index (χ4v) is 1.29. The van der Waals surface area contributed by atoms with Crippen LogP contribution < -0.4 is 5.48 Å². The van der Waals surface area contributed by atoms with Crippen LogP contribution in [-0.2, 0) is 9.63 Å². The van der Waals surface area contributed by atoms with Gasteiger partial charge in [0.1, 0.15) is 12.4 Å². The fourth-order valence-electron chi connectivity index (χ4n) is 1.29. The van der Waals surface area contributed by atoms with E-state index in [2.05, 4.69) is 5.48 Å². The summed E-state index contributed by atoms with van der Waals surface area (Å²) in [5.41, 5.74) is 1.65. The van der Waals surface area contributed by atoms with Gasteiger partial charge in [0.25, 0.3) is 5.70 Å². The first-order valence-electron chi connectivity index (χ1n) is 6.25. The average Bonchev–Trinajstić information content (AvgIpc) is 2.36. The minimum absolute atomic E-state index is 0.248. The molecule has 0 atom stereocenters. The van der Waals surface area contributed by atoms with Gasteiger partial charge < -0.3 is 4.84 Å². The summed E-state index contributed by atoms with van der Waals surface area (Å²) in [5.74, 6) is -1.02. The van der Waals surface area contributed by atoms with Crippen LogP contribution in [-0.4, -0.2) is 17.4 Å². The summed E-state index contributed by atoms with van der Waals surface area (Å²) in [5, 5.41) is 10.9. The Bertz CT molecular complexity index is 564. The molecule has 1 rings (SSSR count). The molecule has 0 aliphatic heterocycles. The van der Waals surface area contributed by atoms with E-state index in [1.54, 1.807) is 20.8 Å². The van der Waals surface area contributed by atoms with Crippen LogP contribution in [0.5, 0.6) is 0 Å². The van der Waals surface area contributed by atoms with Crippen molar-refractivity contribution in [1.82, 2.24) is 5.48 Å². The molecule has 0 aliphatic carbocycles. The number of nitro groups is 1. The van der Waals surface area contributed by atoms with E-state index in [4.69, 9.17) is 4.84 Å². The Morgan fingerprint density at radius 2 is 2.14 bits per heavy atom. The molecule has 21 heavy (non-hydrogen) atoms. The molecule has 0 unspecified atom stereocenters. The predicted molar refractivity (Wildman–Crippen MR) is 74.9 cm³/mol. The third-order valence-corrected chi connectivity index (χ3v) is 2.45. The normalized spacial score (nSPS) is 12.1. The number of nitrogens with zero attached hydrogens (tertiary/aromatic N) is 1. The van der Waals surface area contributed by atoms with E-state index in [1.807, 2.05) is 0 Å². The van der Waals surface area contributed by atoms with E-state index in [1.165, 1.54) is 30.3 Å². The van der Waals surface area contributed by atoms with E-state index in [-0.39, 0.29) is 12.2 Å². The Morgan fingerprint density at radius 3 is 2.67 bits per heavy atom. The first-order valence-corrected chi connectivity index (χ1v) is 6.25. The minimum Gasteiger partial charge on any atom is -0.370 e. The molecule has 0 spiro atoms. The molecule has 0 aliphatic rings. The molecule has 0 saturated heterocycles. The standard InChI is InChI=1S/C14H17FN2O4/c1-14(2,3)13(18)21-16-9-12(17(19)20)8-10-5-4-6-11(15)7-10/h4-8,16H,9H2,1-3H3. The van der Waals surface area contributed by atoms with Crippen molar-refractivity contribution in [3.63, 3.8) is 0 Å². The number of carbonyl (C=O) groups is 1. The number of carbonyl (C=O) groups excluding carboxylic acids is 1. The highest BCUT2D eigenvalue weighted by molar-refractivity contribution is 5.75. The van der Waals surface area contributed by atoms with Gasteiger partial charge in [-0.15, -0.1) is 5.48 Å². The highest BCUT2D eigenvalue weighted by Crippen LogP contribution is 2.14. The molecular formula is C14H17FN2O4. The average molecular weight is 296 g/mol. The van der Waals surface area contributed by atoms with Gasteiger partial charge >= 0.3 is 5.97 Å². The van der Waals surface area contributed by atoms with Crippen molar-refractivity contribution in [2.75, 3.05) is 6.54 Å². The van der Waals surface area contributed by atoms with Crippen LogP contribution in [0.4, 0.5) is 4.39 Å². The summed E-state index contributed by atoms with van der Waals surface area (Å²) < 4.78 is 13.0. The van der Waals surface area contributed by atoms with Gasteiger partial charge in [-0.3, -0.25) is 10.1 Å². The molecule has 7 heteroatoms. The van der Waals surface area contributed by atoms with Gasteiger partial charge in [0.2, 0.25) is 0 Å². The van der Waals surface area contributed by atoms with Gasteiger partial charge in [0.15, 0.2) is 0 Å². The van der Waals surface area contributed by atoms with E-state index in [9.17, 15) is 19.3 Å². The number of halogens is 1. The van der Waals surface area contributed by atoms with Gasteiger partial charge in [-0.25, -0.2) is 9.18 Å². The quantitative estimate of drug-likeness (QED) is 0.667. The van der Waals surface area contributed by atoms with Crippen LogP contribution in [0.1, 0.15) is 26.3 Å². The van der Waals surface area contributed by atoms with E-state index in [0.717, 1.165) is 0 Å². The molecule has 6 nitrogen and oxygen atoms in total. The van der Waals surface area contributed by atoms with Crippen molar-refractivity contribution in [3.8, 4) is 0 Å². The first-order chi connectivity index (χ1) is 9.70. The van der Waals surface area contributed by atoms with Gasteiger partial charge in [-0.2, -0.15) is 0 Å². The molecule has 0 fully saturated rings. The maximum atomic E-state index is 13.0. The molecule has 0 bridgehead atoms. The second kappa shape index (κ2) is 6.94. The molecule has 0 radical (unpaired) electrons. The number of nitrogens with one attached hydrogen (secondary N) is 1. The summed E-state index contributed by atoms with van der Waals surface area (Å²) >= 11 is 0. The lowest BCUT2D eigenvalue weighted by Crippen LogP contribution is -2.31. The van der Waals surface area contributed by atoms with Crippen LogP contribution in [0.15, 0.2) is 30.0 Å². The first kappa shape index (κ1) is 16.8. The van der Waals surface area contributed by atoms with Crippen molar-refractivity contribution >= 4 is 12.0 Å². The maximum absolute atomic E-state index is 13.0. The highest BCUT2D eigenvalue weighted by atomic mass is 19.1. The smallest absolute Gasteiger partial charge is 0.329 e. The molecule has 0 aromatic heterocycles. The number of hydroxylamine groups is 1. The zero-order chi connectivity index (χ0) is 16.0. The third-order valence-electron chi connectivity index (χ3n) is 2.45. The lowest BCUT2D eigenvalue weighted by Gasteiger charge is -2.15. The summed E-state index contributed by atoms with van der Waals surface area (Å²) in [6, 6.07) is 5.40. The molecule has 1 N–H and O–H groups in total. The predicted octanol–water partition coefficient (Wildman–Crippen LogP) is 2.54. The SMILES string of the molecule is CC(C)(C)C(=O)ONCC(=Cc1cccc(F)c1)[N+](=O)[O-]. The van der Waals surface area contributed by atoms with Crippen LogP contribution in [0.3, 0.4) is 0 Å². The van der Waals surface area contributed by atoms with Crippen molar-refractivity contribution in [2.45, 2.75) is 20.8 Å². The summed E-state index contributed by atoms with van der Waals surface area (Å²) in [6.45, 7) is 4.70. The third kappa shape index (κ3) is 5.70. The molecule has 1 aromatic carbocycles. The lowest BCUT2D eigenvalue weighted by atomic mass is 9.98. The Balaban J connectivity index is 2.71. The zero-order valence-electron chi connectivity index (χ0n) is 12.1. The number of hydrogen-bond acceptors (Lipinski definition) is 5. The van der Waals surface area contributed by atoms with Gasteiger partial charge in [-0.05, 0) is 38.5 Å². The molecule has 0 saturated carbocycles. The lowest BCUT2D eigenvalue weighted by molar-refractivity contribution is -0.425. The van der Waals surface area contributed by atoms with Crippen LogP contribution in [0.25, 0.3) is 6.08 Å². The monoisotopic (exact) mass is 296 g/mol. The molecule has 0 amide bonds. The second-order valence-corrected chi connectivity index (χ2v) is 5.41. The Labute approximate surface area is 121 Å². The van der Waals surface area contributed by atoms with Crippen molar-refractivity contribution in [2.24, 2.45) is 5.41 Å². The second-order valence-electron chi connectivity index (χ2n) is 5.41. The number of hydrogen-bond donors (Lipinski definition) is 1. The molecule has 1 aromatic rings. The number of benzene rings is 1. The van der Waals surface area contributed by atoms with Crippen LogP contribution in [0, 0.1) is 21.3 Å².